The number of halogens is 1. The number of nitrogens with one attached hydrogen (secondary N) is 1. The third-order valence-electron chi connectivity index (χ3n) is 3.04. The van der Waals surface area contributed by atoms with Crippen molar-refractivity contribution in [2.45, 2.75) is 32.9 Å². The van der Waals surface area contributed by atoms with Gasteiger partial charge in [0.05, 0.1) is 6.04 Å². The molecule has 1 N–H and O–H groups in total. The van der Waals surface area contributed by atoms with Crippen molar-refractivity contribution in [3.63, 3.8) is 0 Å². The van der Waals surface area contributed by atoms with Crippen LogP contribution >= 0.6 is 0 Å². The SMILES string of the molecule is Cc1ccc(C(C)N[C@@H](C)c2cccc(F)c2)o1. The second kappa shape index (κ2) is 5.36. The standard InChI is InChI=1S/C15H18FNO/c1-10-7-8-15(18-10)12(3)17-11(2)13-5-4-6-14(16)9-13/h4-9,11-12,17H,1-3H3/t11-,12?/m0/s1. The zero-order valence-electron chi connectivity index (χ0n) is 10.9. The lowest BCUT2D eigenvalue weighted by Crippen LogP contribution is -2.22. The van der Waals surface area contributed by atoms with E-state index in [0.717, 1.165) is 17.1 Å². The first-order valence-electron chi connectivity index (χ1n) is 6.14. The molecule has 18 heavy (non-hydrogen) atoms. The van der Waals surface area contributed by atoms with Gasteiger partial charge in [-0.3, -0.25) is 0 Å². The van der Waals surface area contributed by atoms with Gasteiger partial charge in [0.25, 0.3) is 0 Å². The predicted octanol–water partition coefficient (Wildman–Crippen LogP) is 4.14. The zero-order valence-corrected chi connectivity index (χ0v) is 10.9. The van der Waals surface area contributed by atoms with Gasteiger partial charge in [0, 0.05) is 6.04 Å². The van der Waals surface area contributed by atoms with Crippen LogP contribution in [0.4, 0.5) is 4.39 Å². The summed E-state index contributed by atoms with van der Waals surface area (Å²) in [6.45, 7) is 5.97. The largest absolute Gasteiger partial charge is 0.465 e. The van der Waals surface area contributed by atoms with E-state index in [4.69, 9.17) is 4.42 Å². The second-order valence-corrected chi connectivity index (χ2v) is 4.61. The molecule has 1 aromatic carbocycles. The van der Waals surface area contributed by atoms with E-state index in [0.29, 0.717) is 0 Å². The Morgan fingerprint density at radius 2 is 1.89 bits per heavy atom. The number of hydrogen-bond donors (Lipinski definition) is 1. The first-order chi connectivity index (χ1) is 8.56. The highest BCUT2D eigenvalue weighted by molar-refractivity contribution is 5.20. The maximum absolute atomic E-state index is 13.1. The van der Waals surface area contributed by atoms with Gasteiger partial charge in [-0.25, -0.2) is 4.39 Å². The maximum atomic E-state index is 13.1. The van der Waals surface area contributed by atoms with Crippen molar-refractivity contribution >= 4 is 0 Å². The molecule has 1 heterocycles. The van der Waals surface area contributed by atoms with Gasteiger partial charge < -0.3 is 9.73 Å². The first kappa shape index (κ1) is 12.8. The van der Waals surface area contributed by atoms with Crippen molar-refractivity contribution < 1.29 is 8.81 Å². The second-order valence-electron chi connectivity index (χ2n) is 4.61. The molecule has 0 bridgehead atoms. The third kappa shape index (κ3) is 2.99. The van der Waals surface area contributed by atoms with Crippen molar-refractivity contribution in [1.82, 2.24) is 5.32 Å². The summed E-state index contributed by atoms with van der Waals surface area (Å²) in [5, 5.41) is 3.39. The topological polar surface area (TPSA) is 25.2 Å². The summed E-state index contributed by atoms with van der Waals surface area (Å²) >= 11 is 0. The summed E-state index contributed by atoms with van der Waals surface area (Å²) in [6.07, 6.45) is 0. The molecule has 0 fully saturated rings. The lowest BCUT2D eigenvalue weighted by molar-refractivity contribution is 0.392. The Balaban J connectivity index is 2.05. The van der Waals surface area contributed by atoms with E-state index in [1.165, 1.54) is 6.07 Å². The summed E-state index contributed by atoms with van der Waals surface area (Å²) < 4.78 is 18.7. The molecule has 0 amide bonds. The van der Waals surface area contributed by atoms with Gasteiger partial charge >= 0.3 is 0 Å². The maximum Gasteiger partial charge on any atom is 0.123 e. The summed E-state index contributed by atoms with van der Waals surface area (Å²) in [6, 6.07) is 10.7. The van der Waals surface area contributed by atoms with Gasteiger partial charge in [-0.1, -0.05) is 12.1 Å². The highest BCUT2D eigenvalue weighted by Gasteiger charge is 2.13. The molecule has 0 radical (unpaired) electrons. The van der Waals surface area contributed by atoms with Crippen molar-refractivity contribution in [1.29, 1.82) is 0 Å². The number of aryl methyl sites for hydroxylation is 1. The predicted molar refractivity (Wildman–Crippen MR) is 69.8 cm³/mol. The molecule has 96 valence electrons. The van der Waals surface area contributed by atoms with E-state index < -0.39 is 0 Å². The van der Waals surface area contributed by atoms with Crippen LogP contribution in [0, 0.1) is 12.7 Å². The number of hydrogen-bond acceptors (Lipinski definition) is 2. The first-order valence-corrected chi connectivity index (χ1v) is 6.14. The Morgan fingerprint density at radius 3 is 2.50 bits per heavy atom. The van der Waals surface area contributed by atoms with Crippen LogP contribution in [-0.2, 0) is 0 Å². The Bertz CT molecular complexity index is 521. The number of rotatable bonds is 4. The average molecular weight is 247 g/mol. The van der Waals surface area contributed by atoms with Crippen LogP contribution in [0.1, 0.15) is 43.0 Å². The highest BCUT2D eigenvalue weighted by atomic mass is 19.1. The molecule has 2 aromatic rings. The normalized spacial score (nSPS) is 14.4. The van der Waals surface area contributed by atoms with E-state index in [1.807, 2.05) is 39.0 Å². The molecule has 3 heteroatoms. The van der Waals surface area contributed by atoms with Gasteiger partial charge in [0.15, 0.2) is 0 Å². The van der Waals surface area contributed by atoms with Crippen LogP contribution < -0.4 is 5.32 Å². The monoisotopic (exact) mass is 247 g/mol. The van der Waals surface area contributed by atoms with Gasteiger partial charge in [-0.15, -0.1) is 0 Å². The lowest BCUT2D eigenvalue weighted by Gasteiger charge is -2.19. The van der Waals surface area contributed by atoms with Gasteiger partial charge in [0.2, 0.25) is 0 Å². The minimum absolute atomic E-state index is 0.0705. The molecule has 2 rings (SSSR count). The molecular weight excluding hydrogens is 229 g/mol. The summed E-state index contributed by atoms with van der Waals surface area (Å²) in [4.78, 5) is 0. The highest BCUT2D eigenvalue weighted by Crippen LogP contribution is 2.21. The molecule has 0 saturated heterocycles. The smallest absolute Gasteiger partial charge is 0.123 e. The number of furan rings is 1. The summed E-state index contributed by atoms with van der Waals surface area (Å²) in [7, 11) is 0. The molecule has 2 atom stereocenters. The molecule has 2 nitrogen and oxygen atoms in total. The molecule has 0 aliphatic rings. The van der Waals surface area contributed by atoms with Gasteiger partial charge in [0.1, 0.15) is 17.3 Å². The van der Waals surface area contributed by atoms with E-state index in [2.05, 4.69) is 5.32 Å². The van der Waals surface area contributed by atoms with Gasteiger partial charge in [-0.2, -0.15) is 0 Å². The van der Waals surface area contributed by atoms with Crippen molar-refractivity contribution in [2.75, 3.05) is 0 Å². The lowest BCUT2D eigenvalue weighted by atomic mass is 10.1. The van der Waals surface area contributed by atoms with Crippen LogP contribution in [0.25, 0.3) is 0 Å². The fraction of sp³-hybridized carbons (Fsp3) is 0.333. The Labute approximate surface area is 107 Å². The van der Waals surface area contributed by atoms with Crippen molar-refractivity contribution in [2.24, 2.45) is 0 Å². The Hall–Kier alpha value is -1.61. The minimum atomic E-state index is -0.206. The minimum Gasteiger partial charge on any atom is -0.465 e. The van der Waals surface area contributed by atoms with Crippen LogP contribution in [0.3, 0.4) is 0 Å². The Morgan fingerprint density at radius 1 is 1.11 bits per heavy atom. The van der Waals surface area contributed by atoms with Crippen LogP contribution in [0.15, 0.2) is 40.8 Å². The summed E-state index contributed by atoms with van der Waals surface area (Å²) in [5.41, 5.74) is 0.935. The quantitative estimate of drug-likeness (QED) is 0.878. The summed E-state index contributed by atoms with van der Waals surface area (Å²) in [5.74, 6) is 1.59. The van der Waals surface area contributed by atoms with E-state index in [-0.39, 0.29) is 17.9 Å². The van der Waals surface area contributed by atoms with E-state index in [9.17, 15) is 4.39 Å². The third-order valence-corrected chi connectivity index (χ3v) is 3.04. The number of benzene rings is 1. The van der Waals surface area contributed by atoms with E-state index in [1.54, 1.807) is 12.1 Å². The molecule has 0 saturated carbocycles. The molecule has 0 aliphatic heterocycles. The molecule has 0 spiro atoms. The van der Waals surface area contributed by atoms with E-state index >= 15 is 0 Å². The zero-order chi connectivity index (χ0) is 13.1. The van der Waals surface area contributed by atoms with Crippen LogP contribution in [0.5, 0.6) is 0 Å². The van der Waals surface area contributed by atoms with Crippen molar-refractivity contribution in [3.05, 3.63) is 59.3 Å². The fourth-order valence-electron chi connectivity index (χ4n) is 2.02. The van der Waals surface area contributed by atoms with Gasteiger partial charge in [-0.05, 0) is 50.6 Å². The average Bonchev–Trinajstić information content (AvgIpc) is 2.76. The molecule has 1 unspecified atom stereocenters. The molecule has 0 aliphatic carbocycles. The van der Waals surface area contributed by atoms with Crippen LogP contribution in [0.2, 0.25) is 0 Å². The van der Waals surface area contributed by atoms with Crippen LogP contribution in [-0.4, -0.2) is 0 Å². The molecule has 1 aromatic heterocycles. The molecular formula is C15H18FNO. The van der Waals surface area contributed by atoms with Crippen molar-refractivity contribution in [3.8, 4) is 0 Å². The fourth-order valence-corrected chi connectivity index (χ4v) is 2.02. The Kier molecular flexibility index (Phi) is 3.82.